The zero-order valence-corrected chi connectivity index (χ0v) is 24.4. The number of carbonyl (C=O) groups is 3. The molecule has 5 rings (SSSR count). The van der Waals surface area contributed by atoms with Crippen LogP contribution in [0.25, 0.3) is 11.1 Å². The van der Waals surface area contributed by atoms with Gasteiger partial charge in [-0.05, 0) is 85.4 Å². The van der Waals surface area contributed by atoms with Gasteiger partial charge in [0.15, 0.2) is 0 Å². The number of anilines is 1. The second-order valence-electron chi connectivity index (χ2n) is 12.0. The van der Waals surface area contributed by atoms with E-state index in [-0.39, 0.29) is 24.2 Å². The fraction of sp³-hybridized carbons (Fsp3) is 0.400. The molecule has 1 aliphatic heterocycles. The number of nitrogens with one attached hydrogen (secondary N) is 2. The molecule has 226 valence electrons. The minimum Gasteiger partial charge on any atom is -0.330 e. The standard InChI is InChI=1S/C35H40FN3O4/c36-29-17-19-30(20-18-29)37-33(41)32(28-11-5-2-6-12-28)39-23-22-35(34(39)42,24-31(40)38-43)21-7-8-25-13-15-27(16-14-25)26-9-3-1-4-10-26/h1,3-4,9-10,13-20,28,32,43H,2,5-8,11-12,21-24H2,(H,37,41)(H,38,40). The maximum Gasteiger partial charge on any atom is 0.247 e. The summed E-state index contributed by atoms with van der Waals surface area (Å²) in [5.41, 5.74) is 4.61. The molecule has 1 heterocycles. The number of carbonyl (C=O) groups excluding carboxylic acids is 3. The second kappa shape index (κ2) is 14.0. The number of aryl methyl sites for hydroxylation is 1. The van der Waals surface area contributed by atoms with Gasteiger partial charge in [0.2, 0.25) is 17.7 Å². The Morgan fingerprint density at radius 1 is 0.930 bits per heavy atom. The Morgan fingerprint density at radius 2 is 1.60 bits per heavy atom. The molecule has 1 aliphatic carbocycles. The molecule has 2 unspecified atom stereocenters. The number of hydrogen-bond acceptors (Lipinski definition) is 4. The summed E-state index contributed by atoms with van der Waals surface area (Å²) in [5.74, 6) is -1.49. The van der Waals surface area contributed by atoms with Crippen molar-refractivity contribution in [2.75, 3.05) is 11.9 Å². The average Bonchev–Trinajstić information content (AvgIpc) is 3.34. The second-order valence-corrected chi connectivity index (χ2v) is 12.0. The lowest BCUT2D eigenvalue weighted by Gasteiger charge is -2.37. The van der Waals surface area contributed by atoms with Crippen LogP contribution in [0.15, 0.2) is 78.9 Å². The van der Waals surface area contributed by atoms with Crippen molar-refractivity contribution in [2.45, 2.75) is 70.3 Å². The van der Waals surface area contributed by atoms with Gasteiger partial charge in [-0.3, -0.25) is 19.6 Å². The van der Waals surface area contributed by atoms with Gasteiger partial charge in [0.1, 0.15) is 11.9 Å². The fourth-order valence-electron chi connectivity index (χ4n) is 6.88. The Kier molecular flexibility index (Phi) is 9.87. The molecule has 0 bridgehead atoms. The van der Waals surface area contributed by atoms with Gasteiger partial charge in [0.05, 0.1) is 5.41 Å². The minimum atomic E-state index is -1.00. The van der Waals surface area contributed by atoms with Crippen molar-refractivity contribution in [1.82, 2.24) is 10.4 Å². The Balaban J connectivity index is 1.31. The Hall–Kier alpha value is -4.04. The third-order valence-electron chi connectivity index (χ3n) is 9.16. The summed E-state index contributed by atoms with van der Waals surface area (Å²) in [6.45, 7) is 0.362. The fourth-order valence-corrected chi connectivity index (χ4v) is 6.88. The van der Waals surface area contributed by atoms with E-state index in [1.165, 1.54) is 24.3 Å². The van der Waals surface area contributed by atoms with Crippen molar-refractivity contribution in [3.8, 4) is 11.1 Å². The van der Waals surface area contributed by atoms with Gasteiger partial charge in [-0.15, -0.1) is 0 Å². The molecule has 7 nitrogen and oxygen atoms in total. The molecule has 1 saturated heterocycles. The van der Waals surface area contributed by atoms with Gasteiger partial charge in [-0.25, -0.2) is 9.87 Å². The molecule has 8 heteroatoms. The highest BCUT2D eigenvalue weighted by Gasteiger charge is 2.51. The van der Waals surface area contributed by atoms with Crippen LogP contribution in [0.3, 0.4) is 0 Å². The van der Waals surface area contributed by atoms with Gasteiger partial charge >= 0.3 is 0 Å². The van der Waals surface area contributed by atoms with E-state index >= 15 is 0 Å². The normalized spacial score (nSPS) is 19.7. The highest BCUT2D eigenvalue weighted by Crippen LogP contribution is 2.43. The van der Waals surface area contributed by atoms with Gasteiger partial charge in [0.25, 0.3) is 0 Å². The topological polar surface area (TPSA) is 98.7 Å². The maximum absolute atomic E-state index is 14.2. The molecular weight excluding hydrogens is 545 g/mol. The van der Waals surface area contributed by atoms with Crippen LogP contribution in [0, 0.1) is 17.2 Å². The molecule has 2 fully saturated rings. The van der Waals surface area contributed by atoms with E-state index in [4.69, 9.17) is 0 Å². The molecular formula is C35H40FN3O4. The van der Waals surface area contributed by atoms with Crippen molar-refractivity contribution < 1.29 is 24.0 Å². The average molecular weight is 586 g/mol. The molecule has 3 aromatic rings. The van der Waals surface area contributed by atoms with E-state index in [0.717, 1.165) is 55.2 Å². The first kappa shape index (κ1) is 30.4. The number of benzene rings is 3. The van der Waals surface area contributed by atoms with Crippen LogP contribution in [0.4, 0.5) is 10.1 Å². The lowest BCUT2D eigenvalue weighted by Crippen LogP contribution is -2.52. The highest BCUT2D eigenvalue weighted by atomic mass is 19.1. The van der Waals surface area contributed by atoms with Crippen LogP contribution in [-0.4, -0.2) is 40.4 Å². The van der Waals surface area contributed by atoms with Crippen molar-refractivity contribution in [1.29, 1.82) is 0 Å². The molecule has 2 aliphatic rings. The van der Waals surface area contributed by atoms with Crippen LogP contribution in [0.5, 0.6) is 0 Å². The van der Waals surface area contributed by atoms with E-state index in [1.54, 1.807) is 10.4 Å². The number of hydrogen-bond donors (Lipinski definition) is 3. The minimum absolute atomic E-state index is 0.00347. The third-order valence-corrected chi connectivity index (χ3v) is 9.16. The van der Waals surface area contributed by atoms with Crippen molar-refractivity contribution in [3.05, 3.63) is 90.2 Å². The van der Waals surface area contributed by atoms with Crippen molar-refractivity contribution >= 4 is 23.4 Å². The Labute approximate surface area is 252 Å². The smallest absolute Gasteiger partial charge is 0.247 e. The first-order valence-corrected chi connectivity index (χ1v) is 15.3. The van der Waals surface area contributed by atoms with Crippen LogP contribution in [-0.2, 0) is 20.8 Å². The van der Waals surface area contributed by atoms with E-state index in [1.807, 2.05) is 18.2 Å². The van der Waals surface area contributed by atoms with Gasteiger partial charge in [-0.1, -0.05) is 73.9 Å². The first-order chi connectivity index (χ1) is 20.9. The molecule has 43 heavy (non-hydrogen) atoms. The molecule has 0 radical (unpaired) electrons. The van der Waals surface area contributed by atoms with Crippen LogP contribution in [0.1, 0.15) is 63.4 Å². The molecule has 3 N–H and O–H groups in total. The quantitative estimate of drug-likeness (QED) is 0.176. The number of hydroxylamine groups is 1. The Morgan fingerprint density at radius 3 is 2.28 bits per heavy atom. The van der Waals surface area contributed by atoms with Crippen LogP contribution >= 0.6 is 0 Å². The monoisotopic (exact) mass is 585 g/mol. The van der Waals surface area contributed by atoms with E-state index < -0.39 is 23.2 Å². The summed E-state index contributed by atoms with van der Waals surface area (Å²) in [6, 6.07) is 23.5. The summed E-state index contributed by atoms with van der Waals surface area (Å²) in [4.78, 5) is 42.1. The molecule has 3 amide bonds. The number of amides is 3. The number of likely N-dealkylation sites (tertiary alicyclic amines) is 1. The zero-order chi connectivity index (χ0) is 30.2. The van der Waals surface area contributed by atoms with Crippen LogP contribution in [0.2, 0.25) is 0 Å². The van der Waals surface area contributed by atoms with E-state index in [0.29, 0.717) is 31.5 Å². The third kappa shape index (κ3) is 7.31. The van der Waals surface area contributed by atoms with Crippen LogP contribution < -0.4 is 10.8 Å². The van der Waals surface area contributed by atoms with Gasteiger partial charge < -0.3 is 10.2 Å². The molecule has 3 aromatic carbocycles. The first-order valence-electron chi connectivity index (χ1n) is 15.3. The predicted molar refractivity (Wildman–Crippen MR) is 164 cm³/mol. The number of rotatable bonds is 11. The number of nitrogens with zero attached hydrogens (tertiary/aromatic N) is 1. The summed E-state index contributed by atoms with van der Waals surface area (Å²) >= 11 is 0. The van der Waals surface area contributed by atoms with E-state index in [9.17, 15) is 24.0 Å². The lowest BCUT2D eigenvalue weighted by atomic mass is 9.77. The van der Waals surface area contributed by atoms with Crippen molar-refractivity contribution in [2.24, 2.45) is 11.3 Å². The zero-order valence-electron chi connectivity index (χ0n) is 24.4. The summed E-state index contributed by atoms with van der Waals surface area (Å²) in [6.07, 6.45) is 6.95. The largest absolute Gasteiger partial charge is 0.330 e. The molecule has 2 atom stereocenters. The van der Waals surface area contributed by atoms with Crippen molar-refractivity contribution in [3.63, 3.8) is 0 Å². The molecule has 0 aromatic heterocycles. The maximum atomic E-state index is 14.2. The van der Waals surface area contributed by atoms with Gasteiger partial charge in [0, 0.05) is 18.7 Å². The van der Waals surface area contributed by atoms with Gasteiger partial charge in [-0.2, -0.15) is 0 Å². The summed E-state index contributed by atoms with van der Waals surface area (Å²) < 4.78 is 13.5. The summed E-state index contributed by atoms with van der Waals surface area (Å²) in [7, 11) is 0. The Bertz CT molecular complexity index is 1390. The molecule has 0 spiro atoms. The predicted octanol–water partition coefficient (Wildman–Crippen LogP) is 6.52. The highest BCUT2D eigenvalue weighted by molar-refractivity contribution is 5.99. The SMILES string of the molecule is O=C(CC1(CCCc2ccc(-c3ccccc3)cc2)CCN(C(C(=O)Nc2ccc(F)cc2)C2CCCCC2)C1=O)NO. The number of halogens is 1. The summed E-state index contributed by atoms with van der Waals surface area (Å²) in [5, 5.41) is 12.3. The van der Waals surface area contributed by atoms with E-state index in [2.05, 4.69) is 41.7 Å². The molecule has 1 saturated carbocycles. The lowest BCUT2D eigenvalue weighted by molar-refractivity contribution is -0.147.